The van der Waals surface area contributed by atoms with E-state index in [0.29, 0.717) is 12.8 Å². The molecule has 0 aromatic rings. The first-order valence-corrected chi connectivity index (χ1v) is 4.53. The molecule has 0 aromatic heterocycles. The summed E-state index contributed by atoms with van der Waals surface area (Å²) in [6.45, 7) is 7.49. The summed E-state index contributed by atoms with van der Waals surface area (Å²) in [5.74, 6) is -0.118. The lowest BCUT2D eigenvalue weighted by atomic mass is 10.2. The van der Waals surface area contributed by atoms with Crippen LogP contribution in [0.4, 0.5) is 0 Å². The van der Waals surface area contributed by atoms with Gasteiger partial charge in [0.15, 0.2) is 0 Å². The zero-order valence-electron chi connectivity index (χ0n) is 8.89. The molecule has 4 nitrogen and oxygen atoms in total. The van der Waals surface area contributed by atoms with E-state index in [1.807, 2.05) is 27.7 Å². The summed E-state index contributed by atoms with van der Waals surface area (Å²) in [7, 11) is 0. The van der Waals surface area contributed by atoms with Gasteiger partial charge in [0.05, 0.1) is 5.60 Å². The van der Waals surface area contributed by atoms with Gasteiger partial charge >= 0.3 is 0 Å². The molecule has 0 fully saturated rings. The van der Waals surface area contributed by atoms with Crippen LogP contribution < -0.4 is 11.2 Å². The van der Waals surface area contributed by atoms with Crippen molar-refractivity contribution in [1.82, 2.24) is 5.48 Å². The molecule has 1 amide bonds. The van der Waals surface area contributed by atoms with Crippen LogP contribution in [0.1, 0.15) is 40.5 Å². The highest BCUT2D eigenvalue weighted by Gasteiger charge is 2.12. The second-order valence-corrected chi connectivity index (χ2v) is 4.26. The zero-order valence-corrected chi connectivity index (χ0v) is 8.89. The second kappa shape index (κ2) is 5.19. The summed E-state index contributed by atoms with van der Waals surface area (Å²) in [5, 5.41) is 0. The molecule has 0 spiro atoms. The topological polar surface area (TPSA) is 64.4 Å². The predicted octanol–water partition coefficient (Wildman–Crippen LogP) is 0.960. The average Bonchev–Trinajstić information content (AvgIpc) is 1.95. The van der Waals surface area contributed by atoms with Gasteiger partial charge in [-0.2, -0.15) is 0 Å². The molecule has 78 valence electrons. The average molecular weight is 188 g/mol. The normalized spacial score (nSPS) is 13.9. The molecule has 0 aliphatic heterocycles. The monoisotopic (exact) mass is 188 g/mol. The highest BCUT2D eigenvalue weighted by Crippen LogP contribution is 2.04. The smallest absolute Gasteiger partial charge is 0.243 e. The third-order valence-corrected chi connectivity index (χ3v) is 1.30. The number of hydrogen-bond donors (Lipinski definition) is 2. The molecule has 0 heterocycles. The largest absolute Gasteiger partial charge is 0.328 e. The van der Waals surface area contributed by atoms with Crippen LogP contribution in [-0.4, -0.2) is 17.6 Å². The van der Waals surface area contributed by atoms with E-state index in [0.717, 1.165) is 0 Å². The minimum Gasteiger partial charge on any atom is -0.328 e. The quantitative estimate of drug-likeness (QED) is 0.646. The molecule has 0 radical (unpaired) electrons. The molecular weight excluding hydrogens is 168 g/mol. The highest BCUT2D eigenvalue weighted by molar-refractivity contribution is 5.74. The van der Waals surface area contributed by atoms with Gasteiger partial charge in [-0.25, -0.2) is 5.48 Å². The van der Waals surface area contributed by atoms with Gasteiger partial charge in [0.1, 0.15) is 0 Å². The van der Waals surface area contributed by atoms with Crippen molar-refractivity contribution in [2.24, 2.45) is 5.73 Å². The third-order valence-electron chi connectivity index (χ3n) is 1.30. The molecule has 3 N–H and O–H groups in total. The predicted molar refractivity (Wildman–Crippen MR) is 51.9 cm³/mol. The van der Waals surface area contributed by atoms with Crippen molar-refractivity contribution in [1.29, 1.82) is 0 Å². The zero-order chi connectivity index (χ0) is 10.5. The van der Waals surface area contributed by atoms with Gasteiger partial charge in [0, 0.05) is 12.5 Å². The van der Waals surface area contributed by atoms with E-state index in [4.69, 9.17) is 10.6 Å². The minimum atomic E-state index is -0.343. The Hall–Kier alpha value is -0.610. The molecule has 0 aromatic carbocycles. The maximum absolute atomic E-state index is 11.1. The van der Waals surface area contributed by atoms with E-state index in [-0.39, 0.29) is 17.6 Å². The Morgan fingerprint density at radius 1 is 1.54 bits per heavy atom. The summed E-state index contributed by atoms with van der Waals surface area (Å²) in [5.41, 5.74) is 7.54. The SMILES string of the molecule is CC(N)CCC(=O)NOC(C)(C)C. The summed E-state index contributed by atoms with van der Waals surface area (Å²) in [6.07, 6.45) is 1.09. The van der Waals surface area contributed by atoms with Crippen molar-refractivity contribution in [3.8, 4) is 0 Å². The second-order valence-electron chi connectivity index (χ2n) is 4.26. The van der Waals surface area contributed by atoms with Gasteiger partial charge in [-0.05, 0) is 34.1 Å². The first kappa shape index (κ1) is 12.4. The van der Waals surface area contributed by atoms with Crippen molar-refractivity contribution in [2.75, 3.05) is 0 Å². The molecule has 1 atom stereocenters. The molecule has 0 saturated carbocycles. The molecule has 4 heteroatoms. The van der Waals surface area contributed by atoms with Crippen LogP contribution in [0.25, 0.3) is 0 Å². The fourth-order valence-corrected chi connectivity index (χ4v) is 0.620. The van der Waals surface area contributed by atoms with Crippen molar-refractivity contribution in [3.05, 3.63) is 0 Å². The lowest BCUT2D eigenvalue weighted by molar-refractivity contribution is -0.145. The number of hydrogen-bond acceptors (Lipinski definition) is 3. The van der Waals surface area contributed by atoms with E-state index in [1.165, 1.54) is 0 Å². The van der Waals surface area contributed by atoms with Crippen molar-refractivity contribution >= 4 is 5.91 Å². The van der Waals surface area contributed by atoms with Gasteiger partial charge in [0.25, 0.3) is 0 Å². The Kier molecular flexibility index (Phi) is 4.95. The number of nitrogens with one attached hydrogen (secondary N) is 1. The number of amides is 1. The lowest BCUT2D eigenvalue weighted by Gasteiger charge is -2.19. The Balaban J connectivity index is 3.53. The molecular formula is C9H20N2O2. The standard InChI is InChI=1S/C9H20N2O2/c1-7(10)5-6-8(12)11-13-9(2,3)4/h7H,5-6,10H2,1-4H3,(H,11,12). The number of nitrogens with two attached hydrogens (primary N) is 1. The summed E-state index contributed by atoms with van der Waals surface area (Å²) in [4.78, 5) is 16.2. The van der Waals surface area contributed by atoms with Gasteiger partial charge in [-0.3, -0.25) is 9.63 Å². The Morgan fingerprint density at radius 2 is 2.08 bits per heavy atom. The maximum Gasteiger partial charge on any atom is 0.243 e. The van der Waals surface area contributed by atoms with E-state index in [2.05, 4.69) is 5.48 Å². The van der Waals surface area contributed by atoms with E-state index < -0.39 is 0 Å². The van der Waals surface area contributed by atoms with E-state index >= 15 is 0 Å². The van der Waals surface area contributed by atoms with E-state index in [9.17, 15) is 4.79 Å². The molecule has 0 bridgehead atoms. The number of rotatable bonds is 4. The molecule has 0 aliphatic carbocycles. The van der Waals surface area contributed by atoms with Crippen LogP contribution >= 0.6 is 0 Å². The van der Waals surface area contributed by atoms with Gasteiger partial charge in [-0.15, -0.1) is 0 Å². The maximum atomic E-state index is 11.1. The Bertz CT molecular complexity index is 161. The number of carbonyl (C=O) groups excluding carboxylic acids is 1. The van der Waals surface area contributed by atoms with Crippen LogP contribution in [0.5, 0.6) is 0 Å². The first-order chi connectivity index (χ1) is 5.81. The fourth-order valence-electron chi connectivity index (χ4n) is 0.620. The fraction of sp³-hybridized carbons (Fsp3) is 0.889. The molecule has 1 unspecified atom stereocenters. The Morgan fingerprint density at radius 3 is 2.46 bits per heavy atom. The summed E-state index contributed by atoms with van der Waals surface area (Å²) in [6, 6.07) is 0.0559. The summed E-state index contributed by atoms with van der Waals surface area (Å²) >= 11 is 0. The van der Waals surface area contributed by atoms with Crippen molar-refractivity contribution in [2.45, 2.75) is 52.2 Å². The lowest BCUT2D eigenvalue weighted by Crippen LogP contribution is -2.34. The molecule has 0 aliphatic rings. The van der Waals surface area contributed by atoms with Gasteiger partial charge in [0.2, 0.25) is 5.91 Å². The number of carbonyl (C=O) groups is 1. The Labute approximate surface area is 79.8 Å². The van der Waals surface area contributed by atoms with E-state index in [1.54, 1.807) is 0 Å². The third kappa shape index (κ3) is 9.30. The van der Waals surface area contributed by atoms with Crippen LogP contribution in [0.3, 0.4) is 0 Å². The molecule has 0 saturated heterocycles. The van der Waals surface area contributed by atoms with Crippen molar-refractivity contribution in [3.63, 3.8) is 0 Å². The van der Waals surface area contributed by atoms with Crippen LogP contribution in [0.2, 0.25) is 0 Å². The summed E-state index contributed by atoms with van der Waals surface area (Å²) < 4.78 is 0. The minimum absolute atomic E-state index is 0.0559. The first-order valence-electron chi connectivity index (χ1n) is 4.53. The van der Waals surface area contributed by atoms with Crippen molar-refractivity contribution < 1.29 is 9.63 Å². The van der Waals surface area contributed by atoms with Crippen LogP contribution in [-0.2, 0) is 9.63 Å². The van der Waals surface area contributed by atoms with Gasteiger partial charge < -0.3 is 5.73 Å². The molecule has 13 heavy (non-hydrogen) atoms. The highest BCUT2D eigenvalue weighted by atomic mass is 16.7. The number of hydroxylamine groups is 1. The molecule has 0 rings (SSSR count). The van der Waals surface area contributed by atoms with Gasteiger partial charge in [-0.1, -0.05) is 0 Å². The van der Waals surface area contributed by atoms with Crippen LogP contribution in [0.15, 0.2) is 0 Å². The van der Waals surface area contributed by atoms with Crippen LogP contribution in [0, 0.1) is 0 Å².